The first-order valence-corrected chi connectivity index (χ1v) is 4.58. The molecule has 0 saturated carbocycles. The van der Waals surface area contributed by atoms with E-state index in [-0.39, 0.29) is 11.9 Å². The van der Waals surface area contributed by atoms with Crippen LogP contribution in [-0.4, -0.2) is 11.5 Å². The summed E-state index contributed by atoms with van der Waals surface area (Å²) in [4.78, 5) is 3.79. The molecule has 0 fully saturated rings. The van der Waals surface area contributed by atoms with Crippen LogP contribution >= 0.6 is 0 Å². The third kappa shape index (κ3) is 3.26. The molecule has 1 atom stereocenters. The standard InChI is InChI=1S/C11H15FN2/c1-8(2)5-14-9(3)10-4-11(12)7-13-6-10/h4,6-7,9,14H,1,5H2,2-3H3. The number of hydrogen-bond donors (Lipinski definition) is 1. The van der Waals surface area contributed by atoms with Crippen LogP contribution in [0.25, 0.3) is 0 Å². The summed E-state index contributed by atoms with van der Waals surface area (Å²) in [5.74, 6) is -0.300. The van der Waals surface area contributed by atoms with Gasteiger partial charge in [-0.05, 0) is 25.5 Å². The fraction of sp³-hybridized carbons (Fsp3) is 0.364. The van der Waals surface area contributed by atoms with Gasteiger partial charge in [-0.25, -0.2) is 4.39 Å². The SMILES string of the molecule is C=C(C)CNC(C)c1cncc(F)c1. The summed E-state index contributed by atoms with van der Waals surface area (Å²) in [5, 5.41) is 3.22. The van der Waals surface area contributed by atoms with E-state index in [9.17, 15) is 4.39 Å². The first-order chi connectivity index (χ1) is 6.59. The second-order valence-corrected chi connectivity index (χ2v) is 3.50. The largest absolute Gasteiger partial charge is 0.306 e. The second-order valence-electron chi connectivity index (χ2n) is 3.50. The molecule has 1 rings (SSSR count). The zero-order valence-corrected chi connectivity index (χ0v) is 8.55. The van der Waals surface area contributed by atoms with Crippen LogP contribution in [0.2, 0.25) is 0 Å². The number of hydrogen-bond acceptors (Lipinski definition) is 2. The Balaban J connectivity index is 2.60. The molecule has 0 aromatic carbocycles. The molecule has 0 radical (unpaired) electrons. The normalized spacial score (nSPS) is 12.5. The lowest BCUT2D eigenvalue weighted by atomic mass is 10.1. The van der Waals surface area contributed by atoms with Gasteiger partial charge in [0.1, 0.15) is 5.82 Å². The maximum absolute atomic E-state index is 12.8. The molecule has 1 N–H and O–H groups in total. The van der Waals surface area contributed by atoms with Crippen molar-refractivity contribution in [2.75, 3.05) is 6.54 Å². The molecule has 1 aromatic rings. The van der Waals surface area contributed by atoms with Crippen molar-refractivity contribution in [1.82, 2.24) is 10.3 Å². The highest BCUT2D eigenvalue weighted by Gasteiger charge is 2.05. The topological polar surface area (TPSA) is 24.9 Å². The molecule has 0 saturated heterocycles. The summed E-state index contributed by atoms with van der Waals surface area (Å²) < 4.78 is 12.8. The maximum atomic E-state index is 12.8. The highest BCUT2D eigenvalue weighted by molar-refractivity contribution is 5.14. The van der Waals surface area contributed by atoms with Gasteiger partial charge in [0, 0.05) is 18.8 Å². The fourth-order valence-electron chi connectivity index (χ4n) is 1.11. The van der Waals surface area contributed by atoms with Crippen LogP contribution in [0.15, 0.2) is 30.6 Å². The van der Waals surface area contributed by atoms with Crippen LogP contribution in [-0.2, 0) is 0 Å². The number of pyridine rings is 1. The first kappa shape index (κ1) is 10.9. The monoisotopic (exact) mass is 194 g/mol. The van der Waals surface area contributed by atoms with Gasteiger partial charge in [0.15, 0.2) is 0 Å². The summed E-state index contributed by atoms with van der Waals surface area (Å²) in [7, 11) is 0. The van der Waals surface area contributed by atoms with Gasteiger partial charge >= 0.3 is 0 Å². The van der Waals surface area contributed by atoms with Crippen LogP contribution < -0.4 is 5.32 Å². The molecule has 0 spiro atoms. The third-order valence-electron chi connectivity index (χ3n) is 1.94. The van der Waals surface area contributed by atoms with Gasteiger partial charge in [-0.3, -0.25) is 4.98 Å². The predicted molar refractivity (Wildman–Crippen MR) is 55.4 cm³/mol. The van der Waals surface area contributed by atoms with Crippen molar-refractivity contribution in [2.45, 2.75) is 19.9 Å². The van der Waals surface area contributed by atoms with Crippen LogP contribution in [0.3, 0.4) is 0 Å². The molecule has 76 valence electrons. The quantitative estimate of drug-likeness (QED) is 0.745. The fourth-order valence-corrected chi connectivity index (χ4v) is 1.11. The van der Waals surface area contributed by atoms with E-state index in [0.29, 0.717) is 0 Å². The van der Waals surface area contributed by atoms with E-state index >= 15 is 0 Å². The molecule has 14 heavy (non-hydrogen) atoms. The number of halogens is 1. The minimum absolute atomic E-state index is 0.0925. The number of nitrogens with one attached hydrogen (secondary N) is 1. The molecule has 1 unspecified atom stereocenters. The first-order valence-electron chi connectivity index (χ1n) is 4.58. The van der Waals surface area contributed by atoms with E-state index < -0.39 is 0 Å². The predicted octanol–water partition coefficient (Wildman–Crippen LogP) is 2.45. The van der Waals surface area contributed by atoms with Crippen LogP contribution in [0.5, 0.6) is 0 Å². The Labute approximate surface area is 83.9 Å². The molecule has 3 heteroatoms. The number of rotatable bonds is 4. The molecule has 0 aliphatic rings. The smallest absolute Gasteiger partial charge is 0.141 e. The van der Waals surface area contributed by atoms with E-state index in [0.717, 1.165) is 17.7 Å². The van der Waals surface area contributed by atoms with Crippen molar-refractivity contribution in [3.63, 3.8) is 0 Å². The Morgan fingerprint density at radius 1 is 1.64 bits per heavy atom. The summed E-state index contributed by atoms with van der Waals surface area (Å²) in [6.07, 6.45) is 2.87. The lowest BCUT2D eigenvalue weighted by Gasteiger charge is -2.13. The van der Waals surface area contributed by atoms with Gasteiger partial charge in [0.25, 0.3) is 0 Å². The molecular weight excluding hydrogens is 179 g/mol. The number of nitrogens with zero attached hydrogens (tertiary/aromatic N) is 1. The Morgan fingerprint density at radius 2 is 2.36 bits per heavy atom. The van der Waals surface area contributed by atoms with Crippen LogP contribution in [0.1, 0.15) is 25.5 Å². The lowest BCUT2D eigenvalue weighted by molar-refractivity contribution is 0.583. The minimum Gasteiger partial charge on any atom is -0.306 e. The van der Waals surface area contributed by atoms with E-state index in [2.05, 4.69) is 16.9 Å². The molecule has 0 aliphatic carbocycles. The highest BCUT2D eigenvalue weighted by atomic mass is 19.1. The average molecular weight is 194 g/mol. The van der Waals surface area contributed by atoms with Crippen molar-refractivity contribution in [3.05, 3.63) is 42.0 Å². The van der Waals surface area contributed by atoms with Crippen molar-refractivity contribution in [3.8, 4) is 0 Å². The minimum atomic E-state index is -0.300. The van der Waals surface area contributed by atoms with Crippen LogP contribution in [0, 0.1) is 5.82 Å². The Hall–Kier alpha value is -1.22. The van der Waals surface area contributed by atoms with E-state index in [4.69, 9.17) is 0 Å². The van der Waals surface area contributed by atoms with Gasteiger partial charge in [-0.2, -0.15) is 0 Å². The molecule has 2 nitrogen and oxygen atoms in total. The maximum Gasteiger partial charge on any atom is 0.141 e. The summed E-state index contributed by atoms with van der Waals surface area (Å²) >= 11 is 0. The Kier molecular flexibility index (Phi) is 3.77. The molecule has 1 heterocycles. The Bertz CT molecular complexity index is 323. The third-order valence-corrected chi connectivity index (χ3v) is 1.94. The second kappa shape index (κ2) is 4.86. The lowest BCUT2D eigenvalue weighted by Crippen LogP contribution is -2.20. The van der Waals surface area contributed by atoms with Crippen LogP contribution in [0.4, 0.5) is 4.39 Å². The van der Waals surface area contributed by atoms with Gasteiger partial charge in [-0.1, -0.05) is 12.2 Å². The van der Waals surface area contributed by atoms with Gasteiger partial charge in [0.2, 0.25) is 0 Å². The summed E-state index contributed by atoms with van der Waals surface area (Å²) in [5.41, 5.74) is 1.91. The number of aromatic nitrogens is 1. The van der Waals surface area contributed by atoms with Gasteiger partial charge in [-0.15, -0.1) is 0 Å². The summed E-state index contributed by atoms with van der Waals surface area (Å²) in [6, 6.07) is 1.58. The summed E-state index contributed by atoms with van der Waals surface area (Å²) in [6.45, 7) is 8.44. The van der Waals surface area contributed by atoms with Crippen molar-refractivity contribution >= 4 is 0 Å². The molecule has 1 aromatic heterocycles. The van der Waals surface area contributed by atoms with Gasteiger partial charge < -0.3 is 5.32 Å². The van der Waals surface area contributed by atoms with E-state index in [1.807, 2.05) is 13.8 Å². The van der Waals surface area contributed by atoms with Crippen molar-refractivity contribution in [1.29, 1.82) is 0 Å². The Morgan fingerprint density at radius 3 is 2.93 bits per heavy atom. The molecular formula is C11H15FN2. The zero-order valence-electron chi connectivity index (χ0n) is 8.55. The highest BCUT2D eigenvalue weighted by Crippen LogP contribution is 2.11. The molecule has 0 amide bonds. The van der Waals surface area contributed by atoms with E-state index in [1.54, 1.807) is 6.20 Å². The van der Waals surface area contributed by atoms with E-state index in [1.165, 1.54) is 12.3 Å². The van der Waals surface area contributed by atoms with Gasteiger partial charge in [0.05, 0.1) is 6.20 Å². The van der Waals surface area contributed by atoms with Crippen molar-refractivity contribution in [2.24, 2.45) is 0 Å². The molecule has 0 aliphatic heterocycles. The average Bonchev–Trinajstić information content (AvgIpc) is 2.14. The molecule has 0 bridgehead atoms. The zero-order chi connectivity index (χ0) is 10.6. The van der Waals surface area contributed by atoms with Crippen molar-refractivity contribution < 1.29 is 4.39 Å².